The Hall–Kier alpha value is -1.77. The molecule has 106 valence electrons. The van der Waals surface area contributed by atoms with Crippen LogP contribution in [-0.2, 0) is 16.9 Å². The zero-order valence-corrected chi connectivity index (χ0v) is 11.3. The van der Waals surface area contributed by atoms with Crippen LogP contribution >= 0.6 is 0 Å². The molecule has 0 amide bonds. The maximum atomic E-state index is 11.7. The second-order valence-electron chi connectivity index (χ2n) is 4.59. The molecule has 8 nitrogen and oxygen atoms in total. The van der Waals surface area contributed by atoms with Crippen LogP contribution in [0.3, 0.4) is 0 Å². The zero-order chi connectivity index (χ0) is 14.2. The number of aromatic amines is 1. The number of nitrogens with two attached hydrogens (primary N) is 1. The molecule has 1 aliphatic rings. The Labute approximate surface area is 109 Å². The van der Waals surface area contributed by atoms with Crippen molar-refractivity contribution in [1.29, 1.82) is 0 Å². The van der Waals surface area contributed by atoms with Crippen molar-refractivity contribution in [3.8, 4) is 0 Å². The largest absolute Gasteiger partial charge is 0.383 e. The summed E-state index contributed by atoms with van der Waals surface area (Å²) in [6, 6.07) is 0. The average Bonchev–Trinajstić information content (AvgIpc) is 2.66. The second-order valence-corrected chi connectivity index (χ2v) is 6.99. The molecule has 2 rings (SSSR count). The third-order valence-corrected chi connectivity index (χ3v) is 5.61. The lowest BCUT2D eigenvalue weighted by atomic mass is 10.2. The Bertz CT molecular complexity index is 703. The van der Waals surface area contributed by atoms with Crippen molar-refractivity contribution < 1.29 is 8.42 Å². The number of nitrogens with zero attached hydrogens (tertiary/aromatic N) is 1. The Balaban J connectivity index is 2.24. The van der Waals surface area contributed by atoms with Crippen molar-refractivity contribution in [2.24, 2.45) is 7.05 Å². The number of hydrogen-bond donors (Lipinski definition) is 3. The molecule has 1 aliphatic heterocycles. The van der Waals surface area contributed by atoms with E-state index in [2.05, 4.69) is 10.3 Å². The maximum absolute atomic E-state index is 11.7. The van der Waals surface area contributed by atoms with Gasteiger partial charge in [0, 0.05) is 13.6 Å². The summed E-state index contributed by atoms with van der Waals surface area (Å²) in [6.07, 6.45) is 1.20. The van der Waals surface area contributed by atoms with Gasteiger partial charge in [-0.3, -0.25) is 14.3 Å². The summed E-state index contributed by atoms with van der Waals surface area (Å²) in [4.78, 5) is 25.0. The van der Waals surface area contributed by atoms with Crippen LogP contribution < -0.4 is 22.3 Å². The number of aromatic nitrogens is 2. The minimum Gasteiger partial charge on any atom is -0.383 e. The lowest BCUT2D eigenvalue weighted by Crippen LogP contribution is -2.34. The first-order valence-electron chi connectivity index (χ1n) is 5.87. The van der Waals surface area contributed by atoms with Crippen molar-refractivity contribution in [3.05, 3.63) is 20.8 Å². The van der Waals surface area contributed by atoms with Crippen molar-refractivity contribution >= 4 is 21.3 Å². The Morgan fingerprint density at radius 3 is 2.74 bits per heavy atom. The summed E-state index contributed by atoms with van der Waals surface area (Å²) in [6.45, 7) is 0.119. The summed E-state index contributed by atoms with van der Waals surface area (Å²) in [5, 5.41) is 2.23. The second kappa shape index (κ2) is 4.72. The van der Waals surface area contributed by atoms with E-state index in [0.717, 1.165) is 4.57 Å². The van der Waals surface area contributed by atoms with Gasteiger partial charge in [0.05, 0.1) is 11.0 Å². The molecule has 1 aromatic heterocycles. The molecule has 9 heteroatoms. The molecule has 1 atom stereocenters. The van der Waals surface area contributed by atoms with Gasteiger partial charge in [-0.15, -0.1) is 0 Å². The van der Waals surface area contributed by atoms with Gasteiger partial charge < -0.3 is 11.1 Å². The molecule has 0 radical (unpaired) electrons. The Morgan fingerprint density at radius 1 is 1.47 bits per heavy atom. The topological polar surface area (TPSA) is 127 Å². The molecule has 1 unspecified atom stereocenters. The molecule has 0 aliphatic carbocycles. The summed E-state index contributed by atoms with van der Waals surface area (Å²) in [5.41, 5.74) is 4.45. The van der Waals surface area contributed by atoms with Gasteiger partial charge in [-0.25, -0.2) is 13.2 Å². The third-order valence-electron chi connectivity index (χ3n) is 3.34. The van der Waals surface area contributed by atoms with E-state index < -0.39 is 26.3 Å². The van der Waals surface area contributed by atoms with Crippen LogP contribution in [0.2, 0.25) is 0 Å². The minimum absolute atomic E-state index is 0.0101. The first-order chi connectivity index (χ1) is 8.83. The van der Waals surface area contributed by atoms with Gasteiger partial charge in [0.25, 0.3) is 5.56 Å². The molecule has 0 spiro atoms. The van der Waals surface area contributed by atoms with E-state index in [1.165, 1.54) is 7.05 Å². The van der Waals surface area contributed by atoms with E-state index >= 15 is 0 Å². The first-order valence-corrected chi connectivity index (χ1v) is 7.58. The normalized spacial score (nSPS) is 21.4. The number of nitrogen functional groups attached to an aromatic ring is 1. The average molecular weight is 288 g/mol. The quantitative estimate of drug-likeness (QED) is 0.630. The van der Waals surface area contributed by atoms with Crippen LogP contribution in [-0.4, -0.2) is 35.5 Å². The molecule has 4 N–H and O–H groups in total. The van der Waals surface area contributed by atoms with Gasteiger partial charge in [-0.05, 0) is 12.8 Å². The fourth-order valence-electron chi connectivity index (χ4n) is 2.11. The zero-order valence-electron chi connectivity index (χ0n) is 10.5. The van der Waals surface area contributed by atoms with Gasteiger partial charge in [0.15, 0.2) is 9.84 Å². The predicted octanol–water partition coefficient (Wildman–Crippen LogP) is -1.36. The Morgan fingerprint density at radius 2 is 2.16 bits per heavy atom. The monoisotopic (exact) mass is 288 g/mol. The number of anilines is 2. The summed E-state index contributed by atoms with van der Waals surface area (Å²) >= 11 is 0. The van der Waals surface area contributed by atoms with Crippen LogP contribution in [0.4, 0.5) is 11.5 Å². The highest BCUT2D eigenvalue weighted by atomic mass is 32.2. The van der Waals surface area contributed by atoms with E-state index in [9.17, 15) is 18.0 Å². The number of H-pyrrole nitrogens is 1. The molecular formula is C10H16N4O4S. The molecule has 1 fully saturated rings. The van der Waals surface area contributed by atoms with Gasteiger partial charge in [0.1, 0.15) is 11.5 Å². The highest BCUT2D eigenvalue weighted by Gasteiger charge is 2.31. The van der Waals surface area contributed by atoms with Crippen LogP contribution in [0.25, 0.3) is 0 Å². The molecular weight excluding hydrogens is 272 g/mol. The number of sulfone groups is 1. The number of nitrogens with one attached hydrogen (secondary N) is 2. The SMILES string of the molecule is Cn1c(N)c(NCC2CCCS2(=O)=O)c(=O)[nH]c1=O. The highest BCUT2D eigenvalue weighted by molar-refractivity contribution is 7.92. The fraction of sp³-hybridized carbons (Fsp3) is 0.600. The lowest BCUT2D eigenvalue weighted by Gasteiger charge is -2.13. The number of hydrogen-bond acceptors (Lipinski definition) is 6. The fourth-order valence-corrected chi connectivity index (χ4v) is 3.88. The first kappa shape index (κ1) is 13.7. The predicted molar refractivity (Wildman–Crippen MR) is 72.0 cm³/mol. The van der Waals surface area contributed by atoms with Crippen molar-refractivity contribution in [3.63, 3.8) is 0 Å². The summed E-state index contributed by atoms with van der Waals surface area (Å²) in [5.74, 6) is 0.169. The Kier molecular flexibility index (Phi) is 3.40. The molecule has 0 saturated carbocycles. The summed E-state index contributed by atoms with van der Waals surface area (Å²) in [7, 11) is -1.66. The molecule has 0 aromatic carbocycles. The molecule has 1 aromatic rings. The van der Waals surface area contributed by atoms with E-state index in [-0.39, 0.29) is 23.8 Å². The smallest absolute Gasteiger partial charge is 0.329 e. The number of rotatable bonds is 3. The van der Waals surface area contributed by atoms with Crippen LogP contribution in [0, 0.1) is 0 Å². The molecule has 1 saturated heterocycles. The van der Waals surface area contributed by atoms with Crippen LogP contribution in [0.5, 0.6) is 0 Å². The van der Waals surface area contributed by atoms with E-state index in [0.29, 0.717) is 12.8 Å². The van der Waals surface area contributed by atoms with E-state index in [4.69, 9.17) is 5.73 Å². The third kappa shape index (κ3) is 2.50. The standard InChI is InChI=1S/C10H16N4O4S/c1-14-8(11)7(9(15)13-10(14)16)12-5-6-3-2-4-19(6,17)18/h6,12H,2-5,11H2,1H3,(H,13,15,16). The van der Waals surface area contributed by atoms with Crippen molar-refractivity contribution in [1.82, 2.24) is 9.55 Å². The summed E-state index contributed by atoms with van der Waals surface area (Å²) < 4.78 is 24.4. The molecule has 19 heavy (non-hydrogen) atoms. The lowest BCUT2D eigenvalue weighted by molar-refractivity contribution is 0.591. The molecule has 0 bridgehead atoms. The van der Waals surface area contributed by atoms with E-state index in [1.54, 1.807) is 0 Å². The molecule has 2 heterocycles. The van der Waals surface area contributed by atoms with Gasteiger partial charge in [-0.2, -0.15) is 0 Å². The van der Waals surface area contributed by atoms with Crippen molar-refractivity contribution in [2.75, 3.05) is 23.3 Å². The highest BCUT2D eigenvalue weighted by Crippen LogP contribution is 2.20. The van der Waals surface area contributed by atoms with Crippen molar-refractivity contribution in [2.45, 2.75) is 18.1 Å². The maximum Gasteiger partial charge on any atom is 0.329 e. The minimum atomic E-state index is -3.09. The van der Waals surface area contributed by atoms with Crippen LogP contribution in [0.15, 0.2) is 9.59 Å². The van der Waals surface area contributed by atoms with Gasteiger partial charge in [-0.1, -0.05) is 0 Å². The van der Waals surface area contributed by atoms with Gasteiger partial charge >= 0.3 is 5.69 Å². The van der Waals surface area contributed by atoms with Crippen LogP contribution in [0.1, 0.15) is 12.8 Å². The van der Waals surface area contributed by atoms with E-state index in [1.807, 2.05) is 0 Å². The van der Waals surface area contributed by atoms with Gasteiger partial charge in [0.2, 0.25) is 0 Å².